The van der Waals surface area contributed by atoms with Crippen LogP contribution in [0.2, 0.25) is 0 Å². The Labute approximate surface area is 125 Å². The molecule has 6 heteroatoms. The molecule has 0 aliphatic carbocycles. The Bertz CT molecular complexity index is 671. The number of aromatic nitrogens is 2. The van der Waals surface area contributed by atoms with Gasteiger partial charge >= 0.3 is 5.97 Å². The normalized spacial score (nSPS) is 11.6. The molecule has 0 saturated heterocycles. The first-order valence-electron chi connectivity index (χ1n) is 6.13. The van der Waals surface area contributed by atoms with Gasteiger partial charge in [0.15, 0.2) is 6.29 Å². The Kier molecular flexibility index (Phi) is 3.94. The van der Waals surface area contributed by atoms with Crippen LogP contribution in [0.3, 0.4) is 0 Å². The summed E-state index contributed by atoms with van der Waals surface area (Å²) in [4.78, 5) is 22.9. The van der Waals surface area contributed by atoms with E-state index < -0.39 is 5.60 Å². The van der Waals surface area contributed by atoms with Crippen LogP contribution < -0.4 is 0 Å². The number of carbonyl (C=O) groups is 2. The Morgan fingerprint density at radius 1 is 1.45 bits per heavy atom. The van der Waals surface area contributed by atoms with Crippen molar-refractivity contribution >= 4 is 39.1 Å². The predicted molar refractivity (Wildman–Crippen MR) is 78.7 cm³/mol. The maximum Gasteiger partial charge on any atom is 0.328 e. The summed E-state index contributed by atoms with van der Waals surface area (Å²) in [5, 5.41) is 4.85. The van der Waals surface area contributed by atoms with Crippen LogP contribution in [0.15, 0.2) is 22.7 Å². The van der Waals surface area contributed by atoms with Gasteiger partial charge in [-0.15, -0.1) is 0 Å². The first-order valence-corrected chi connectivity index (χ1v) is 6.92. The van der Waals surface area contributed by atoms with Gasteiger partial charge in [0, 0.05) is 9.86 Å². The average Bonchev–Trinajstić information content (AvgIpc) is 2.64. The summed E-state index contributed by atoms with van der Waals surface area (Å²) in [6.45, 7) is 5.39. The standard InChI is InChI=1S/C14H15BrN2O3/c1-14(2,3)20-13(19)7-17-12-5-4-9(15)6-10(12)11(8-18)16-17/h4-6,8H,7H2,1-3H3. The van der Waals surface area contributed by atoms with Gasteiger partial charge in [-0.2, -0.15) is 5.10 Å². The van der Waals surface area contributed by atoms with Crippen molar-refractivity contribution in [2.75, 3.05) is 0 Å². The van der Waals surface area contributed by atoms with E-state index >= 15 is 0 Å². The van der Waals surface area contributed by atoms with Crippen LogP contribution in [-0.4, -0.2) is 27.6 Å². The fourth-order valence-electron chi connectivity index (χ4n) is 1.88. The number of ether oxygens (including phenoxy) is 1. The van der Waals surface area contributed by atoms with Gasteiger partial charge in [0.05, 0.1) is 5.52 Å². The molecule has 0 aliphatic rings. The van der Waals surface area contributed by atoms with E-state index in [2.05, 4.69) is 21.0 Å². The smallest absolute Gasteiger partial charge is 0.328 e. The molecule has 5 nitrogen and oxygen atoms in total. The van der Waals surface area contributed by atoms with Crippen LogP contribution in [0.25, 0.3) is 10.9 Å². The molecule has 0 amide bonds. The Morgan fingerprint density at radius 2 is 2.15 bits per heavy atom. The third-order valence-electron chi connectivity index (χ3n) is 2.55. The number of rotatable bonds is 3. The summed E-state index contributed by atoms with van der Waals surface area (Å²) < 4.78 is 7.60. The summed E-state index contributed by atoms with van der Waals surface area (Å²) in [5.41, 5.74) is 0.488. The molecule has 0 saturated carbocycles. The second kappa shape index (κ2) is 5.36. The van der Waals surface area contributed by atoms with Gasteiger partial charge in [0.2, 0.25) is 0 Å². The molecule has 1 heterocycles. The van der Waals surface area contributed by atoms with Gasteiger partial charge in [0.25, 0.3) is 0 Å². The van der Waals surface area contributed by atoms with Gasteiger partial charge in [-0.25, -0.2) is 0 Å². The number of halogens is 1. The Balaban J connectivity index is 2.36. The molecule has 2 aromatic rings. The number of nitrogens with zero attached hydrogens (tertiary/aromatic N) is 2. The highest BCUT2D eigenvalue weighted by Crippen LogP contribution is 2.22. The molecule has 2 rings (SSSR count). The highest BCUT2D eigenvalue weighted by molar-refractivity contribution is 9.10. The highest BCUT2D eigenvalue weighted by atomic mass is 79.9. The number of esters is 1. The van der Waals surface area contributed by atoms with E-state index in [1.165, 1.54) is 4.68 Å². The largest absolute Gasteiger partial charge is 0.459 e. The molecule has 0 radical (unpaired) electrons. The minimum absolute atomic E-state index is 0.0246. The third kappa shape index (κ3) is 3.25. The zero-order chi connectivity index (χ0) is 14.9. The Hall–Kier alpha value is -1.69. The van der Waals surface area contributed by atoms with Crippen molar-refractivity contribution in [3.63, 3.8) is 0 Å². The van der Waals surface area contributed by atoms with Crippen molar-refractivity contribution in [2.45, 2.75) is 32.9 Å². The van der Waals surface area contributed by atoms with Gasteiger partial charge in [0.1, 0.15) is 17.8 Å². The van der Waals surface area contributed by atoms with E-state index in [0.29, 0.717) is 17.4 Å². The third-order valence-corrected chi connectivity index (χ3v) is 3.04. The van der Waals surface area contributed by atoms with Crippen molar-refractivity contribution in [1.29, 1.82) is 0 Å². The predicted octanol–water partition coefficient (Wildman–Crippen LogP) is 2.95. The summed E-state index contributed by atoms with van der Waals surface area (Å²) in [6.07, 6.45) is 0.681. The summed E-state index contributed by atoms with van der Waals surface area (Å²) in [6, 6.07) is 5.45. The fraction of sp³-hybridized carbons (Fsp3) is 0.357. The van der Waals surface area contributed by atoms with E-state index in [1.807, 2.05) is 12.1 Å². The molecule has 0 atom stereocenters. The molecule has 1 aromatic heterocycles. The van der Waals surface area contributed by atoms with E-state index in [9.17, 15) is 9.59 Å². The number of hydrogen-bond acceptors (Lipinski definition) is 4. The Morgan fingerprint density at radius 3 is 2.75 bits per heavy atom. The molecule has 0 bridgehead atoms. The quantitative estimate of drug-likeness (QED) is 0.637. The van der Waals surface area contributed by atoms with Gasteiger partial charge in [-0.1, -0.05) is 15.9 Å². The number of hydrogen-bond donors (Lipinski definition) is 0. The van der Waals surface area contributed by atoms with E-state index in [4.69, 9.17) is 4.74 Å². The van der Waals surface area contributed by atoms with Crippen LogP contribution in [0.1, 0.15) is 31.3 Å². The molecule has 0 aliphatic heterocycles. The van der Waals surface area contributed by atoms with Crippen molar-refractivity contribution in [3.8, 4) is 0 Å². The minimum atomic E-state index is -0.545. The maximum atomic E-state index is 11.9. The minimum Gasteiger partial charge on any atom is -0.459 e. The zero-order valence-corrected chi connectivity index (χ0v) is 13.1. The van der Waals surface area contributed by atoms with Crippen LogP contribution in [0.4, 0.5) is 0 Å². The lowest BCUT2D eigenvalue weighted by molar-refractivity contribution is -0.155. The first-order chi connectivity index (χ1) is 9.30. The average molecular weight is 339 g/mol. The van der Waals surface area contributed by atoms with E-state index in [-0.39, 0.29) is 12.5 Å². The van der Waals surface area contributed by atoms with Crippen LogP contribution in [0.5, 0.6) is 0 Å². The highest BCUT2D eigenvalue weighted by Gasteiger charge is 2.19. The summed E-state index contributed by atoms with van der Waals surface area (Å²) in [5.74, 6) is -0.387. The molecule has 0 fully saturated rings. The van der Waals surface area contributed by atoms with Crippen LogP contribution in [-0.2, 0) is 16.1 Å². The molecule has 1 aromatic carbocycles. The second-order valence-corrected chi connectivity index (χ2v) is 6.32. The van der Waals surface area contributed by atoms with Gasteiger partial charge < -0.3 is 4.74 Å². The molecule has 0 spiro atoms. The lowest BCUT2D eigenvalue weighted by Gasteiger charge is -2.19. The molecule has 106 valence electrons. The number of benzene rings is 1. The van der Waals surface area contributed by atoms with E-state index in [1.54, 1.807) is 26.8 Å². The number of aldehydes is 1. The topological polar surface area (TPSA) is 61.2 Å². The lowest BCUT2D eigenvalue weighted by atomic mass is 10.2. The molecule has 0 unspecified atom stereocenters. The molecule has 20 heavy (non-hydrogen) atoms. The summed E-state index contributed by atoms with van der Waals surface area (Å²) in [7, 11) is 0. The van der Waals surface area contributed by atoms with Crippen molar-refractivity contribution in [1.82, 2.24) is 9.78 Å². The number of fused-ring (bicyclic) bond motifs is 1. The monoisotopic (exact) mass is 338 g/mol. The zero-order valence-electron chi connectivity index (χ0n) is 11.5. The van der Waals surface area contributed by atoms with E-state index in [0.717, 1.165) is 9.99 Å². The first kappa shape index (κ1) is 14.7. The van der Waals surface area contributed by atoms with Gasteiger partial charge in [-0.3, -0.25) is 14.3 Å². The SMILES string of the molecule is CC(C)(C)OC(=O)Cn1nc(C=O)c2cc(Br)ccc21. The van der Waals surface area contributed by atoms with Crippen molar-refractivity contribution in [3.05, 3.63) is 28.4 Å². The van der Waals surface area contributed by atoms with Crippen LogP contribution >= 0.6 is 15.9 Å². The summed E-state index contributed by atoms with van der Waals surface area (Å²) >= 11 is 3.35. The second-order valence-electron chi connectivity index (χ2n) is 5.41. The maximum absolute atomic E-state index is 11.9. The molecule has 0 N–H and O–H groups in total. The molecular weight excluding hydrogens is 324 g/mol. The van der Waals surface area contributed by atoms with Gasteiger partial charge in [-0.05, 0) is 39.0 Å². The van der Waals surface area contributed by atoms with Crippen molar-refractivity contribution in [2.24, 2.45) is 0 Å². The van der Waals surface area contributed by atoms with Crippen LogP contribution in [0, 0.1) is 0 Å². The van der Waals surface area contributed by atoms with Crippen molar-refractivity contribution < 1.29 is 14.3 Å². The lowest BCUT2D eigenvalue weighted by Crippen LogP contribution is -2.26. The number of carbonyl (C=O) groups excluding carboxylic acids is 2. The fourth-order valence-corrected chi connectivity index (χ4v) is 2.24. The molecular formula is C14H15BrN2O3.